The average Bonchev–Trinajstić information content (AvgIpc) is 2.16. The van der Waals surface area contributed by atoms with Gasteiger partial charge in [-0.15, -0.1) is 0 Å². The van der Waals surface area contributed by atoms with Gasteiger partial charge in [-0.2, -0.15) is 0 Å². The lowest BCUT2D eigenvalue weighted by molar-refractivity contribution is 0.415. The number of fused-ring (bicyclic) bond motifs is 1. The fourth-order valence-corrected chi connectivity index (χ4v) is 2.40. The van der Waals surface area contributed by atoms with Crippen LogP contribution in [0.3, 0.4) is 0 Å². The minimum atomic E-state index is 0.0863. The fourth-order valence-electron chi connectivity index (χ4n) is 1.43. The van der Waals surface area contributed by atoms with Crippen LogP contribution in [-0.4, -0.2) is 7.11 Å². The summed E-state index contributed by atoms with van der Waals surface area (Å²) in [6.45, 7) is 1.95. The van der Waals surface area contributed by atoms with E-state index in [0.29, 0.717) is 0 Å². The third-order valence-electron chi connectivity index (χ3n) is 2.16. The van der Waals surface area contributed by atoms with E-state index < -0.39 is 0 Å². The Morgan fingerprint density at radius 1 is 1.29 bits per heavy atom. The Balaban J connectivity index is 2.82. The van der Waals surface area contributed by atoms with Crippen molar-refractivity contribution < 1.29 is 4.74 Å². The van der Waals surface area contributed by atoms with Gasteiger partial charge in [0, 0.05) is 4.70 Å². The highest BCUT2D eigenvalue weighted by molar-refractivity contribution is 7.16. The van der Waals surface area contributed by atoms with Gasteiger partial charge < -0.3 is 4.74 Å². The van der Waals surface area contributed by atoms with Crippen LogP contribution in [0.2, 0.25) is 0 Å². The molecule has 0 bridgehead atoms. The van der Waals surface area contributed by atoms with Gasteiger partial charge in [-0.1, -0.05) is 11.3 Å². The lowest BCUT2D eigenvalue weighted by atomic mass is 10.1. The Kier molecular flexibility index (Phi) is 2.25. The van der Waals surface area contributed by atoms with Gasteiger partial charge in [0.25, 0.3) is 0 Å². The molecule has 0 saturated carbocycles. The highest BCUT2D eigenvalue weighted by Crippen LogP contribution is 2.24. The van der Waals surface area contributed by atoms with Gasteiger partial charge in [0.05, 0.1) is 7.11 Å². The Bertz CT molecular complexity index is 528. The van der Waals surface area contributed by atoms with Gasteiger partial charge in [0.2, 0.25) is 4.74 Å². The van der Waals surface area contributed by atoms with Crippen LogP contribution in [0, 0.1) is 6.92 Å². The van der Waals surface area contributed by atoms with E-state index in [0.717, 1.165) is 21.4 Å². The van der Waals surface area contributed by atoms with Crippen LogP contribution in [-0.2, 0) is 0 Å². The van der Waals surface area contributed by atoms with E-state index >= 15 is 0 Å². The van der Waals surface area contributed by atoms with E-state index in [2.05, 4.69) is 0 Å². The summed E-state index contributed by atoms with van der Waals surface area (Å²) in [6.07, 6.45) is 0. The molecule has 0 aliphatic heterocycles. The minimum absolute atomic E-state index is 0.0863. The van der Waals surface area contributed by atoms with E-state index in [1.165, 1.54) is 11.3 Å². The molecule has 1 aromatic carbocycles. The molecule has 1 heterocycles. The molecule has 3 heteroatoms. The van der Waals surface area contributed by atoms with Gasteiger partial charge in [0.15, 0.2) is 0 Å². The molecule has 2 aromatic rings. The molecular formula is C11H10O2S. The lowest BCUT2D eigenvalue weighted by Crippen LogP contribution is -1.93. The number of rotatable bonds is 1. The third kappa shape index (κ3) is 1.51. The van der Waals surface area contributed by atoms with Crippen LogP contribution in [0.4, 0.5) is 0 Å². The molecule has 0 saturated heterocycles. The first kappa shape index (κ1) is 9.21. The monoisotopic (exact) mass is 206 g/mol. The quantitative estimate of drug-likeness (QED) is 0.716. The average molecular weight is 206 g/mol. The molecule has 2 nitrogen and oxygen atoms in total. The second-order valence-corrected chi connectivity index (χ2v) is 4.16. The zero-order chi connectivity index (χ0) is 10.1. The third-order valence-corrected chi connectivity index (χ3v) is 3.04. The Hall–Kier alpha value is -1.35. The standard InChI is InChI=1S/C11H10O2S/c1-7-5-11(12)14-10-6-8(13-2)3-4-9(7)10/h3-6H,1-2H3. The molecule has 0 unspecified atom stereocenters. The molecular weight excluding hydrogens is 196 g/mol. The molecule has 2 rings (SSSR count). The van der Waals surface area contributed by atoms with Gasteiger partial charge in [-0.05, 0) is 42.1 Å². The highest BCUT2D eigenvalue weighted by Gasteiger charge is 2.01. The molecule has 0 N–H and O–H groups in total. The molecule has 14 heavy (non-hydrogen) atoms. The first-order chi connectivity index (χ1) is 6.70. The molecule has 72 valence electrons. The van der Waals surface area contributed by atoms with Crippen molar-refractivity contribution in [3.8, 4) is 5.75 Å². The van der Waals surface area contributed by atoms with Gasteiger partial charge in [0.1, 0.15) is 5.75 Å². The summed E-state index contributed by atoms with van der Waals surface area (Å²) in [6, 6.07) is 7.46. The van der Waals surface area contributed by atoms with Crippen molar-refractivity contribution in [3.63, 3.8) is 0 Å². The van der Waals surface area contributed by atoms with Gasteiger partial charge in [-0.25, -0.2) is 0 Å². The van der Waals surface area contributed by atoms with Crippen LogP contribution in [0.5, 0.6) is 5.75 Å². The molecule has 0 aliphatic rings. The zero-order valence-corrected chi connectivity index (χ0v) is 8.85. The maximum absolute atomic E-state index is 11.3. The van der Waals surface area contributed by atoms with E-state index in [-0.39, 0.29) is 4.74 Å². The molecule has 0 aliphatic carbocycles. The molecule has 1 aromatic heterocycles. The van der Waals surface area contributed by atoms with Crippen molar-refractivity contribution in [1.29, 1.82) is 0 Å². The largest absolute Gasteiger partial charge is 0.497 e. The number of hydrogen-bond acceptors (Lipinski definition) is 3. The molecule has 0 atom stereocenters. The zero-order valence-electron chi connectivity index (χ0n) is 8.03. The predicted molar refractivity (Wildman–Crippen MR) is 59.4 cm³/mol. The maximum Gasteiger partial charge on any atom is 0.233 e. The van der Waals surface area contributed by atoms with E-state index in [9.17, 15) is 4.79 Å². The van der Waals surface area contributed by atoms with Crippen molar-refractivity contribution in [3.05, 3.63) is 39.4 Å². The summed E-state index contributed by atoms with van der Waals surface area (Å²) >= 11 is 1.25. The lowest BCUT2D eigenvalue weighted by Gasteiger charge is -2.03. The van der Waals surface area contributed by atoms with Crippen LogP contribution in [0.1, 0.15) is 5.56 Å². The van der Waals surface area contributed by atoms with Crippen LogP contribution in [0.25, 0.3) is 10.1 Å². The number of methoxy groups -OCH3 is 1. The van der Waals surface area contributed by atoms with Crippen molar-refractivity contribution in [2.45, 2.75) is 6.92 Å². The fraction of sp³-hybridized carbons (Fsp3) is 0.182. The van der Waals surface area contributed by atoms with Crippen LogP contribution < -0.4 is 9.48 Å². The number of ether oxygens (including phenoxy) is 1. The van der Waals surface area contributed by atoms with E-state index in [1.54, 1.807) is 13.2 Å². The number of hydrogen-bond donors (Lipinski definition) is 0. The van der Waals surface area contributed by atoms with Gasteiger partial charge >= 0.3 is 0 Å². The van der Waals surface area contributed by atoms with Crippen molar-refractivity contribution >= 4 is 21.4 Å². The topological polar surface area (TPSA) is 26.3 Å². The van der Waals surface area contributed by atoms with Crippen molar-refractivity contribution in [2.75, 3.05) is 7.11 Å². The molecule has 0 spiro atoms. The predicted octanol–water partition coefficient (Wildman–Crippen LogP) is 2.58. The molecule has 0 amide bonds. The van der Waals surface area contributed by atoms with Crippen molar-refractivity contribution in [1.82, 2.24) is 0 Å². The molecule has 0 radical (unpaired) electrons. The Labute approximate surface area is 85.8 Å². The Morgan fingerprint density at radius 3 is 2.79 bits per heavy atom. The Morgan fingerprint density at radius 2 is 2.07 bits per heavy atom. The second-order valence-electron chi connectivity index (χ2n) is 3.11. The summed E-state index contributed by atoms with van der Waals surface area (Å²) in [5, 5.41) is 1.12. The first-order valence-electron chi connectivity index (χ1n) is 4.29. The minimum Gasteiger partial charge on any atom is -0.497 e. The normalized spacial score (nSPS) is 10.4. The van der Waals surface area contributed by atoms with Crippen LogP contribution in [0.15, 0.2) is 29.1 Å². The second kappa shape index (κ2) is 3.42. The van der Waals surface area contributed by atoms with E-state index in [1.807, 2.05) is 25.1 Å². The first-order valence-corrected chi connectivity index (χ1v) is 5.11. The summed E-state index contributed by atoms with van der Waals surface area (Å²) in [5.41, 5.74) is 1.02. The van der Waals surface area contributed by atoms with E-state index in [4.69, 9.17) is 4.74 Å². The van der Waals surface area contributed by atoms with Crippen molar-refractivity contribution in [2.24, 2.45) is 0 Å². The summed E-state index contributed by atoms with van der Waals surface area (Å²) < 4.78 is 6.17. The number of aryl methyl sites for hydroxylation is 1. The number of benzene rings is 1. The SMILES string of the molecule is COc1ccc2c(C)cc(=O)sc2c1. The van der Waals surface area contributed by atoms with Gasteiger partial charge in [-0.3, -0.25) is 4.79 Å². The molecule has 0 fully saturated rings. The summed E-state index contributed by atoms with van der Waals surface area (Å²) in [4.78, 5) is 11.3. The smallest absolute Gasteiger partial charge is 0.233 e. The van der Waals surface area contributed by atoms with Crippen LogP contribution >= 0.6 is 11.3 Å². The summed E-state index contributed by atoms with van der Waals surface area (Å²) in [7, 11) is 1.62. The summed E-state index contributed by atoms with van der Waals surface area (Å²) in [5.74, 6) is 0.791. The maximum atomic E-state index is 11.3. The highest BCUT2D eigenvalue weighted by atomic mass is 32.1.